The van der Waals surface area contributed by atoms with Crippen LogP contribution in [-0.4, -0.2) is 32.4 Å². The molecular weight excluding hydrogens is 343 g/mol. The van der Waals surface area contributed by atoms with Gasteiger partial charge in [0, 0.05) is 12.2 Å². The maximum Gasteiger partial charge on any atom is 0.573 e. The number of nitrogens with one attached hydrogen (secondary N) is 1. The first-order valence-corrected chi connectivity index (χ1v) is 6.72. The Labute approximate surface area is 122 Å². The lowest BCUT2D eigenvalue weighted by molar-refractivity contribution is -0.274. The zero-order valence-electron chi connectivity index (χ0n) is 10.4. The van der Waals surface area contributed by atoms with Gasteiger partial charge in [0.15, 0.2) is 0 Å². The van der Waals surface area contributed by atoms with Gasteiger partial charge in [0.25, 0.3) is 0 Å². The molecule has 20 heavy (non-hydrogen) atoms. The average Bonchev–Trinajstić information content (AvgIpc) is 2.39. The highest BCUT2D eigenvalue weighted by molar-refractivity contribution is 9.10. The summed E-state index contributed by atoms with van der Waals surface area (Å²) in [5, 5.41) is 3.10. The molecule has 0 spiro atoms. The number of alkyl halides is 3. The molecule has 4 nitrogen and oxygen atoms in total. The number of anilines is 1. The summed E-state index contributed by atoms with van der Waals surface area (Å²) in [4.78, 5) is 0. The summed E-state index contributed by atoms with van der Waals surface area (Å²) in [6.45, 7) is 1.48. The molecule has 1 heterocycles. The van der Waals surface area contributed by atoms with Gasteiger partial charge in [-0.15, -0.1) is 13.2 Å². The van der Waals surface area contributed by atoms with E-state index >= 15 is 0 Å². The minimum atomic E-state index is -4.70. The van der Waals surface area contributed by atoms with Crippen LogP contribution in [0.15, 0.2) is 22.7 Å². The van der Waals surface area contributed by atoms with E-state index in [1.54, 1.807) is 0 Å². The van der Waals surface area contributed by atoms with E-state index < -0.39 is 6.36 Å². The third-order valence-corrected chi connectivity index (χ3v) is 3.28. The Morgan fingerprint density at radius 1 is 1.40 bits per heavy atom. The molecule has 1 N–H and O–H groups in total. The van der Waals surface area contributed by atoms with E-state index in [9.17, 15) is 13.2 Å². The quantitative estimate of drug-likeness (QED) is 0.896. The highest BCUT2D eigenvalue weighted by atomic mass is 79.9. The first kappa shape index (κ1) is 15.4. The highest BCUT2D eigenvalue weighted by Gasteiger charge is 2.31. The van der Waals surface area contributed by atoms with Crippen molar-refractivity contribution in [1.29, 1.82) is 0 Å². The molecule has 1 aromatic carbocycles. The first-order valence-electron chi connectivity index (χ1n) is 5.92. The van der Waals surface area contributed by atoms with Gasteiger partial charge in [-0.2, -0.15) is 0 Å². The summed E-state index contributed by atoms with van der Waals surface area (Å²) in [7, 11) is 0. The van der Waals surface area contributed by atoms with Crippen molar-refractivity contribution < 1.29 is 27.4 Å². The number of halogens is 4. The van der Waals surface area contributed by atoms with Crippen molar-refractivity contribution >= 4 is 21.6 Å². The van der Waals surface area contributed by atoms with E-state index in [1.807, 2.05) is 0 Å². The van der Waals surface area contributed by atoms with Crippen LogP contribution in [-0.2, 0) is 9.47 Å². The molecule has 1 aromatic rings. The summed E-state index contributed by atoms with van der Waals surface area (Å²) in [6, 6.07) is 4.30. The average molecular weight is 356 g/mol. The van der Waals surface area contributed by atoms with Crippen molar-refractivity contribution in [3.05, 3.63) is 22.7 Å². The number of hydrogen-bond donors (Lipinski definition) is 1. The second kappa shape index (κ2) is 6.64. The number of rotatable bonds is 4. The van der Waals surface area contributed by atoms with Gasteiger partial charge in [-0.25, -0.2) is 0 Å². The Kier molecular flexibility index (Phi) is 5.11. The molecule has 112 valence electrons. The smallest absolute Gasteiger partial charge is 0.405 e. The van der Waals surface area contributed by atoms with Crippen LogP contribution >= 0.6 is 15.9 Å². The Hall–Kier alpha value is -0.990. The van der Waals surface area contributed by atoms with Crippen LogP contribution in [0.2, 0.25) is 0 Å². The Morgan fingerprint density at radius 3 is 2.80 bits per heavy atom. The van der Waals surface area contributed by atoms with Gasteiger partial charge in [-0.1, -0.05) is 0 Å². The summed E-state index contributed by atoms with van der Waals surface area (Å²) < 4.78 is 50.9. The van der Waals surface area contributed by atoms with Crippen LogP contribution in [0, 0.1) is 0 Å². The molecule has 0 bridgehead atoms. The van der Waals surface area contributed by atoms with E-state index in [0.717, 1.165) is 6.42 Å². The normalized spacial score (nSPS) is 19.7. The van der Waals surface area contributed by atoms with E-state index in [0.29, 0.717) is 18.8 Å². The maximum atomic E-state index is 12.1. The lowest BCUT2D eigenvalue weighted by Crippen LogP contribution is -2.30. The fourth-order valence-corrected chi connectivity index (χ4v) is 2.17. The minimum absolute atomic E-state index is 0.0358. The van der Waals surface area contributed by atoms with E-state index in [1.165, 1.54) is 18.2 Å². The molecule has 0 aliphatic carbocycles. The summed E-state index contributed by atoms with van der Waals surface area (Å²) >= 11 is 3.05. The molecule has 2 rings (SSSR count). The van der Waals surface area contributed by atoms with E-state index in [4.69, 9.17) is 9.47 Å². The second-order valence-corrected chi connectivity index (χ2v) is 5.03. The van der Waals surface area contributed by atoms with Crippen LogP contribution in [0.4, 0.5) is 18.9 Å². The number of hydrogen-bond acceptors (Lipinski definition) is 4. The fraction of sp³-hybridized carbons (Fsp3) is 0.500. The van der Waals surface area contributed by atoms with E-state index in [-0.39, 0.29) is 23.1 Å². The van der Waals surface area contributed by atoms with Crippen LogP contribution in [0.25, 0.3) is 0 Å². The van der Waals surface area contributed by atoms with Crippen molar-refractivity contribution in [2.24, 2.45) is 0 Å². The number of benzene rings is 1. The van der Waals surface area contributed by atoms with Crippen LogP contribution in [0.3, 0.4) is 0 Å². The molecule has 0 amide bonds. The molecule has 1 aliphatic heterocycles. The zero-order chi connectivity index (χ0) is 14.6. The fourth-order valence-electron chi connectivity index (χ4n) is 1.71. The molecule has 1 saturated heterocycles. The third kappa shape index (κ3) is 4.84. The second-order valence-electron chi connectivity index (χ2n) is 4.18. The topological polar surface area (TPSA) is 39.7 Å². The Morgan fingerprint density at radius 2 is 2.20 bits per heavy atom. The predicted octanol–water partition coefficient (Wildman–Crippen LogP) is 3.52. The lowest BCUT2D eigenvalue weighted by atomic mass is 10.2. The van der Waals surface area contributed by atoms with Crippen molar-refractivity contribution in [3.8, 4) is 5.75 Å². The van der Waals surface area contributed by atoms with Gasteiger partial charge in [0.05, 0.1) is 17.2 Å². The van der Waals surface area contributed by atoms with Gasteiger partial charge in [-0.3, -0.25) is 0 Å². The van der Waals surface area contributed by atoms with Gasteiger partial charge >= 0.3 is 6.36 Å². The van der Waals surface area contributed by atoms with Crippen LogP contribution in [0.1, 0.15) is 6.42 Å². The van der Waals surface area contributed by atoms with Crippen LogP contribution < -0.4 is 10.1 Å². The summed E-state index contributed by atoms with van der Waals surface area (Å²) in [5.41, 5.74) is 0.682. The van der Waals surface area contributed by atoms with Crippen LogP contribution in [0.5, 0.6) is 5.75 Å². The maximum absolute atomic E-state index is 12.1. The predicted molar refractivity (Wildman–Crippen MR) is 69.6 cm³/mol. The minimum Gasteiger partial charge on any atom is -0.405 e. The van der Waals surface area contributed by atoms with Crippen molar-refractivity contribution in [3.63, 3.8) is 0 Å². The lowest BCUT2D eigenvalue weighted by Gasteiger charge is -2.23. The van der Waals surface area contributed by atoms with Gasteiger partial charge in [-0.05, 0) is 40.5 Å². The monoisotopic (exact) mass is 355 g/mol. The first-order chi connectivity index (χ1) is 9.44. The van der Waals surface area contributed by atoms with Gasteiger partial charge in [0.1, 0.15) is 12.5 Å². The number of ether oxygens (including phenoxy) is 3. The molecule has 0 saturated carbocycles. The van der Waals surface area contributed by atoms with Crippen molar-refractivity contribution in [1.82, 2.24) is 0 Å². The van der Waals surface area contributed by atoms with Gasteiger partial charge < -0.3 is 19.5 Å². The molecule has 1 fully saturated rings. The SMILES string of the molecule is FC(F)(F)Oc1ccc(NCC2CCOCO2)cc1Br. The largest absolute Gasteiger partial charge is 0.573 e. The van der Waals surface area contributed by atoms with E-state index in [2.05, 4.69) is 26.0 Å². The Bertz CT molecular complexity index is 450. The van der Waals surface area contributed by atoms with Gasteiger partial charge in [0.2, 0.25) is 0 Å². The summed E-state index contributed by atoms with van der Waals surface area (Å²) in [6.07, 6.45) is -3.88. The van der Waals surface area contributed by atoms with Crippen molar-refractivity contribution in [2.75, 3.05) is 25.3 Å². The molecular formula is C12H13BrF3NO3. The zero-order valence-corrected chi connectivity index (χ0v) is 12.0. The molecule has 0 radical (unpaired) electrons. The molecule has 0 aromatic heterocycles. The Balaban J connectivity index is 1.91. The highest BCUT2D eigenvalue weighted by Crippen LogP contribution is 2.32. The van der Waals surface area contributed by atoms with Crippen molar-refractivity contribution in [2.45, 2.75) is 18.9 Å². The molecule has 1 unspecified atom stereocenters. The standard InChI is InChI=1S/C12H13BrF3NO3/c13-10-5-8(1-2-11(10)20-12(14,15)16)17-6-9-3-4-18-7-19-9/h1-2,5,9,17H,3-4,6-7H2. The summed E-state index contributed by atoms with van der Waals surface area (Å²) in [5.74, 6) is -0.273. The molecule has 1 aliphatic rings. The molecule has 8 heteroatoms. The molecule has 1 atom stereocenters. The third-order valence-electron chi connectivity index (χ3n) is 2.66.